The summed E-state index contributed by atoms with van der Waals surface area (Å²) in [6.07, 6.45) is 0.0256. The Balaban J connectivity index is 1.12. The van der Waals surface area contributed by atoms with Crippen LogP contribution in [0.3, 0.4) is 0 Å². The SMILES string of the molecule is C[C@@H](NC(=O)[C@@H]1C[C@]2(CN=[N+]=[N-])C[C@@H]2N1C(=O)CNC(=O)c1ccc2c(c1)-c1ccccc1C2(F)F)c1cc(C(=N)NC(=O)OC(C)(C)C)cs1. The highest BCUT2D eigenvalue weighted by Gasteiger charge is 2.66. The van der Waals surface area contributed by atoms with Crippen LogP contribution in [0, 0.1) is 10.8 Å². The number of nitrogens with one attached hydrogen (secondary N) is 4. The molecule has 6 rings (SSSR count). The third-order valence-corrected chi connectivity index (χ3v) is 10.5. The number of rotatable bonds is 9. The van der Waals surface area contributed by atoms with Gasteiger partial charge in [-0.05, 0) is 75.4 Å². The van der Waals surface area contributed by atoms with Gasteiger partial charge in [-0.25, -0.2) is 4.79 Å². The van der Waals surface area contributed by atoms with Crippen LogP contribution in [0.25, 0.3) is 21.6 Å². The van der Waals surface area contributed by atoms with Crippen LogP contribution in [-0.4, -0.2) is 65.3 Å². The molecule has 0 unspecified atom stereocenters. The van der Waals surface area contributed by atoms with Gasteiger partial charge < -0.3 is 20.3 Å². The van der Waals surface area contributed by atoms with Crippen LogP contribution in [0.1, 0.15) is 78.5 Å². The van der Waals surface area contributed by atoms with Gasteiger partial charge in [-0.1, -0.05) is 35.4 Å². The van der Waals surface area contributed by atoms with E-state index in [1.165, 1.54) is 46.6 Å². The number of carbonyl (C=O) groups is 4. The molecule has 0 spiro atoms. The van der Waals surface area contributed by atoms with Crippen LogP contribution in [0.15, 0.2) is 59.0 Å². The molecular weight excluding hydrogens is 682 g/mol. The molecule has 266 valence electrons. The predicted octanol–water partition coefficient (Wildman–Crippen LogP) is 6.00. The van der Waals surface area contributed by atoms with Crippen LogP contribution < -0.4 is 16.0 Å². The number of nitrogens with zero attached hydrogens (tertiary/aromatic N) is 4. The van der Waals surface area contributed by atoms with Crippen molar-refractivity contribution in [2.75, 3.05) is 13.1 Å². The van der Waals surface area contributed by atoms with Gasteiger partial charge in [-0.3, -0.25) is 25.1 Å². The number of alkyl halides is 2. The molecule has 4 atom stereocenters. The number of thiophene rings is 1. The summed E-state index contributed by atoms with van der Waals surface area (Å²) in [4.78, 5) is 57.6. The van der Waals surface area contributed by atoms with Gasteiger partial charge in [0.25, 0.3) is 11.8 Å². The zero-order chi connectivity index (χ0) is 36.9. The molecule has 3 aromatic rings. The minimum atomic E-state index is -3.19. The molecule has 2 heterocycles. The molecule has 1 saturated carbocycles. The molecule has 3 aliphatic rings. The Kier molecular flexibility index (Phi) is 9.10. The molecule has 4 amide bonds. The molecule has 0 bridgehead atoms. The van der Waals surface area contributed by atoms with E-state index in [4.69, 9.17) is 15.7 Å². The van der Waals surface area contributed by atoms with Crippen molar-refractivity contribution in [1.29, 1.82) is 5.41 Å². The number of amidine groups is 1. The number of hydrogen-bond donors (Lipinski definition) is 4. The van der Waals surface area contributed by atoms with Crippen LogP contribution in [0.4, 0.5) is 13.6 Å². The summed E-state index contributed by atoms with van der Waals surface area (Å²) in [5.41, 5.74) is 8.43. The van der Waals surface area contributed by atoms with Crippen molar-refractivity contribution >= 4 is 41.0 Å². The number of benzene rings is 2. The summed E-state index contributed by atoms with van der Waals surface area (Å²) in [5.74, 6) is -4.95. The molecule has 2 fully saturated rings. The first-order chi connectivity index (χ1) is 24.0. The predicted molar refractivity (Wildman–Crippen MR) is 184 cm³/mol. The lowest BCUT2D eigenvalue weighted by Crippen LogP contribution is -2.51. The summed E-state index contributed by atoms with van der Waals surface area (Å²) in [6.45, 7) is 6.54. The lowest BCUT2D eigenvalue weighted by molar-refractivity contribution is -0.139. The Morgan fingerprint density at radius 3 is 2.55 bits per heavy atom. The summed E-state index contributed by atoms with van der Waals surface area (Å²) >= 11 is 1.28. The summed E-state index contributed by atoms with van der Waals surface area (Å²) < 4.78 is 35.2. The average Bonchev–Trinajstić information content (AvgIpc) is 3.35. The number of amides is 4. The first-order valence-corrected chi connectivity index (χ1v) is 17.1. The highest BCUT2D eigenvalue weighted by Crippen LogP contribution is 2.60. The molecule has 1 aliphatic heterocycles. The van der Waals surface area contributed by atoms with Crippen molar-refractivity contribution in [2.24, 2.45) is 10.5 Å². The zero-order valence-electron chi connectivity index (χ0n) is 28.3. The third kappa shape index (κ3) is 6.88. The Morgan fingerprint density at radius 1 is 1.10 bits per heavy atom. The number of piperidine rings is 1. The summed E-state index contributed by atoms with van der Waals surface area (Å²) in [5, 5.41) is 21.5. The van der Waals surface area contributed by atoms with E-state index in [1.54, 1.807) is 51.3 Å². The molecule has 0 radical (unpaired) electrons. The van der Waals surface area contributed by atoms with Gasteiger partial charge in [0.05, 0.1) is 12.6 Å². The maximum Gasteiger partial charge on any atom is 0.413 e. The molecule has 4 N–H and O–H groups in total. The average molecular weight is 719 g/mol. The first kappa shape index (κ1) is 35.5. The second kappa shape index (κ2) is 13.1. The molecule has 2 aliphatic carbocycles. The lowest BCUT2D eigenvalue weighted by atomic mass is 9.99. The third-order valence-electron chi connectivity index (χ3n) is 9.35. The topological polar surface area (TPSA) is 189 Å². The summed E-state index contributed by atoms with van der Waals surface area (Å²) in [6, 6.07) is 9.88. The van der Waals surface area contributed by atoms with Gasteiger partial charge in [-0.15, -0.1) is 11.3 Å². The highest BCUT2D eigenvalue weighted by molar-refractivity contribution is 7.10. The molecule has 2 aromatic carbocycles. The fraction of sp³-hybridized carbons (Fsp3) is 0.400. The van der Waals surface area contributed by atoms with Gasteiger partial charge in [-0.2, -0.15) is 8.78 Å². The standard InChI is InChI=1S/C35H36F2N8O5S/c1-18(26-12-20(16-51-26)29(38)43-32(49)50-33(2,3)4)42-31(48)25-13-34(17-41-44-39)14-27(34)45(25)28(46)15-40-30(47)19-9-10-24-22(11-19)21-7-5-6-8-23(21)35(24,36)37/h5-12,16,18,25,27H,13-15,17H2,1-4H3,(H,40,47)(H,42,48)(H2,38,43,49)/t18-,25+,27+,34-/m1/s1. The van der Waals surface area contributed by atoms with Crippen LogP contribution in [0.2, 0.25) is 0 Å². The number of ether oxygens (including phenoxy) is 1. The van der Waals surface area contributed by atoms with E-state index >= 15 is 0 Å². The van der Waals surface area contributed by atoms with Crippen LogP contribution in [0.5, 0.6) is 0 Å². The zero-order valence-corrected chi connectivity index (χ0v) is 29.1. The van der Waals surface area contributed by atoms with E-state index in [9.17, 15) is 28.0 Å². The van der Waals surface area contributed by atoms with Gasteiger partial charge in [0, 0.05) is 55.4 Å². The summed E-state index contributed by atoms with van der Waals surface area (Å²) in [7, 11) is 0. The van der Waals surface area contributed by atoms with Gasteiger partial charge in [0.1, 0.15) is 17.5 Å². The Morgan fingerprint density at radius 2 is 1.82 bits per heavy atom. The van der Waals surface area contributed by atoms with Crippen molar-refractivity contribution < 1.29 is 32.7 Å². The maximum atomic E-state index is 15.0. The van der Waals surface area contributed by atoms with E-state index in [2.05, 4.69) is 26.0 Å². The largest absolute Gasteiger partial charge is 0.444 e. The monoisotopic (exact) mass is 718 g/mol. The van der Waals surface area contributed by atoms with E-state index in [0.29, 0.717) is 22.4 Å². The van der Waals surface area contributed by atoms with Crippen molar-refractivity contribution in [3.05, 3.63) is 91.5 Å². The molecular formula is C35H36F2N8O5S. The van der Waals surface area contributed by atoms with Gasteiger partial charge in [0.2, 0.25) is 11.8 Å². The molecule has 51 heavy (non-hydrogen) atoms. The number of azide groups is 1. The number of hydrogen-bond acceptors (Lipinski definition) is 8. The van der Waals surface area contributed by atoms with E-state index in [1.807, 2.05) is 0 Å². The smallest absolute Gasteiger partial charge is 0.413 e. The molecule has 1 aromatic heterocycles. The van der Waals surface area contributed by atoms with Gasteiger partial charge >= 0.3 is 6.09 Å². The van der Waals surface area contributed by atoms with Crippen molar-refractivity contribution in [3.8, 4) is 11.1 Å². The minimum Gasteiger partial charge on any atom is -0.444 e. The Hall–Kier alpha value is -5.34. The lowest BCUT2D eigenvalue weighted by Gasteiger charge is -2.28. The molecule has 1 saturated heterocycles. The Labute approximate surface area is 295 Å². The number of halogens is 2. The van der Waals surface area contributed by atoms with Gasteiger partial charge in [0.15, 0.2) is 0 Å². The Bertz CT molecular complexity index is 2000. The normalized spacial score (nSPS) is 21.3. The number of alkyl carbamates (subject to hydrolysis) is 1. The number of likely N-dealkylation sites (tertiary alicyclic amines) is 1. The van der Waals surface area contributed by atoms with E-state index in [0.717, 1.165) is 0 Å². The second-order valence-corrected chi connectivity index (χ2v) is 15.0. The first-order valence-electron chi connectivity index (χ1n) is 16.2. The second-order valence-electron chi connectivity index (χ2n) is 14.0. The minimum absolute atomic E-state index is 0.103. The maximum absolute atomic E-state index is 15.0. The van der Waals surface area contributed by atoms with Crippen LogP contribution in [-0.2, 0) is 20.2 Å². The molecule has 13 nitrogen and oxygen atoms in total. The number of carbonyl (C=O) groups excluding carboxylic acids is 4. The number of fused-ring (bicyclic) bond motifs is 4. The van der Waals surface area contributed by atoms with Crippen molar-refractivity contribution in [2.45, 2.75) is 70.2 Å². The molecule has 16 heteroatoms. The van der Waals surface area contributed by atoms with E-state index in [-0.39, 0.29) is 47.1 Å². The quantitative estimate of drug-likeness (QED) is 0.0693. The van der Waals surface area contributed by atoms with E-state index < -0.39 is 59.4 Å². The van der Waals surface area contributed by atoms with Crippen molar-refractivity contribution in [1.82, 2.24) is 20.9 Å². The fourth-order valence-corrected chi connectivity index (χ4v) is 7.76. The van der Waals surface area contributed by atoms with Crippen LogP contribution >= 0.6 is 11.3 Å². The fourth-order valence-electron chi connectivity index (χ4n) is 6.85. The van der Waals surface area contributed by atoms with Crippen molar-refractivity contribution in [3.63, 3.8) is 0 Å². The highest BCUT2D eigenvalue weighted by atomic mass is 32.1.